The maximum Gasteiger partial charge on any atom is 0.230 e. The van der Waals surface area contributed by atoms with E-state index in [0.29, 0.717) is 5.16 Å². The zero-order valence-electron chi connectivity index (χ0n) is 16.9. The second kappa shape index (κ2) is 7.48. The molecule has 0 aliphatic carbocycles. The summed E-state index contributed by atoms with van der Waals surface area (Å²) in [5, 5.41) is 13.4. The Morgan fingerprint density at radius 2 is 1.79 bits per heavy atom. The van der Waals surface area contributed by atoms with Gasteiger partial charge in [0.2, 0.25) is 5.91 Å². The second-order valence-corrected chi connectivity index (χ2v) is 8.99. The Morgan fingerprint density at radius 3 is 2.52 bits per heavy atom. The van der Waals surface area contributed by atoms with Crippen LogP contribution < -0.4 is 5.32 Å². The second-order valence-electron chi connectivity index (χ2n) is 8.05. The van der Waals surface area contributed by atoms with Crippen molar-refractivity contribution in [2.75, 3.05) is 5.75 Å². The summed E-state index contributed by atoms with van der Waals surface area (Å²) in [6.45, 7) is 7.95. The number of carbonyl (C=O) groups excluding carboxylic acids is 1. The maximum absolute atomic E-state index is 12.3. The zero-order chi connectivity index (χ0) is 20.6. The number of thioether (sulfide) groups is 1. The van der Waals surface area contributed by atoms with Crippen LogP contribution in [0.3, 0.4) is 0 Å². The summed E-state index contributed by atoms with van der Waals surface area (Å²) in [5.41, 5.74) is 3.50. The third-order valence-corrected chi connectivity index (χ3v) is 5.30. The van der Waals surface area contributed by atoms with Gasteiger partial charge in [0.15, 0.2) is 10.8 Å². The summed E-state index contributed by atoms with van der Waals surface area (Å²) in [6.07, 6.45) is 0. The van der Waals surface area contributed by atoms with Crippen molar-refractivity contribution in [3.8, 4) is 11.4 Å². The van der Waals surface area contributed by atoms with Crippen molar-refractivity contribution in [3.63, 3.8) is 0 Å². The maximum atomic E-state index is 12.3. The molecule has 0 radical (unpaired) electrons. The van der Waals surface area contributed by atoms with Gasteiger partial charge in [-0.25, -0.2) is 4.98 Å². The number of nitrogens with one attached hydrogen (secondary N) is 1. The number of benzene rings is 2. The summed E-state index contributed by atoms with van der Waals surface area (Å²) in [6, 6.07) is 16.1. The zero-order valence-corrected chi connectivity index (χ0v) is 17.7. The number of aromatic nitrogens is 4. The van der Waals surface area contributed by atoms with E-state index in [-0.39, 0.29) is 17.2 Å². The topological polar surface area (TPSA) is 72.2 Å². The van der Waals surface area contributed by atoms with Crippen LogP contribution in [0, 0.1) is 6.92 Å². The Labute approximate surface area is 173 Å². The van der Waals surface area contributed by atoms with Crippen LogP contribution in [0.15, 0.2) is 53.7 Å². The highest BCUT2D eigenvalue weighted by Crippen LogP contribution is 2.29. The first-order chi connectivity index (χ1) is 13.8. The molecule has 0 atom stereocenters. The van der Waals surface area contributed by atoms with Gasteiger partial charge in [0, 0.05) is 16.5 Å². The molecule has 148 valence electrons. The Morgan fingerprint density at radius 1 is 1.07 bits per heavy atom. The number of para-hydroxylation sites is 1. The summed E-state index contributed by atoms with van der Waals surface area (Å²) in [7, 11) is 0. The lowest BCUT2D eigenvalue weighted by Crippen LogP contribution is -2.41. The molecule has 7 heteroatoms. The lowest BCUT2D eigenvalue weighted by atomic mass is 10.1. The number of amides is 1. The first-order valence-electron chi connectivity index (χ1n) is 9.46. The number of nitrogens with zero attached hydrogens (tertiary/aromatic N) is 4. The molecule has 2 aromatic heterocycles. The smallest absolute Gasteiger partial charge is 0.230 e. The van der Waals surface area contributed by atoms with E-state index in [0.717, 1.165) is 27.9 Å². The fourth-order valence-electron chi connectivity index (χ4n) is 3.13. The van der Waals surface area contributed by atoms with Gasteiger partial charge in [-0.05, 0) is 39.8 Å². The molecule has 4 aromatic rings. The average molecular weight is 406 g/mol. The van der Waals surface area contributed by atoms with Gasteiger partial charge in [0.1, 0.15) is 5.82 Å². The molecule has 0 aliphatic heterocycles. The van der Waals surface area contributed by atoms with Crippen molar-refractivity contribution in [2.24, 2.45) is 0 Å². The normalized spacial score (nSPS) is 11.9. The molecule has 0 bridgehead atoms. The minimum atomic E-state index is -0.268. The highest BCUT2D eigenvalue weighted by Gasteiger charge is 2.19. The largest absolute Gasteiger partial charge is 0.351 e. The van der Waals surface area contributed by atoms with Crippen LogP contribution in [0.1, 0.15) is 26.3 Å². The first kappa shape index (κ1) is 19.4. The number of fused-ring (bicyclic) bond motifs is 3. The summed E-state index contributed by atoms with van der Waals surface area (Å²) in [5.74, 6) is 0.991. The summed E-state index contributed by atoms with van der Waals surface area (Å²) < 4.78 is 1.95. The third-order valence-electron chi connectivity index (χ3n) is 4.37. The predicted octanol–water partition coefficient (Wildman–Crippen LogP) is 4.26. The fourth-order valence-corrected chi connectivity index (χ4v) is 3.87. The number of aryl methyl sites for hydroxylation is 1. The third kappa shape index (κ3) is 4.10. The van der Waals surface area contributed by atoms with E-state index in [4.69, 9.17) is 4.98 Å². The van der Waals surface area contributed by atoms with Crippen molar-refractivity contribution < 1.29 is 4.79 Å². The number of carbonyl (C=O) groups is 1. The molecule has 0 unspecified atom stereocenters. The Kier molecular flexibility index (Phi) is 5.00. The van der Waals surface area contributed by atoms with Crippen LogP contribution in [0.2, 0.25) is 0 Å². The molecule has 0 fully saturated rings. The van der Waals surface area contributed by atoms with Gasteiger partial charge in [-0.15, -0.1) is 10.2 Å². The molecule has 0 spiro atoms. The average Bonchev–Trinajstić information content (AvgIpc) is 3.09. The van der Waals surface area contributed by atoms with E-state index >= 15 is 0 Å². The molecular weight excluding hydrogens is 382 g/mol. The Bertz CT molecular complexity index is 1190. The molecule has 2 heterocycles. The van der Waals surface area contributed by atoms with Crippen LogP contribution in [0.4, 0.5) is 0 Å². The van der Waals surface area contributed by atoms with Crippen LogP contribution in [-0.4, -0.2) is 36.8 Å². The van der Waals surface area contributed by atoms with Crippen molar-refractivity contribution in [3.05, 3.63) is 54.1 Å². The van der Waals surface area contributed by atoms with Gasteiger partial charge < -0.3 is 5.32 Å². The van der Waals surface area contributed by atoms with Gasteiger partial charge in [-0.3, -0.25) is 9.20 Å². The number of hydrogen-bond acceptors (Lipinski definition) is 5. The van der Waals surface area contributed by atoms with E-state index in [9.17, 15) is 4.79 Å². The van der Waals surface area contributed by atoms with E-state index in [1.807, 2.05) is 61.6 Å². The lowest BCUT2D eigenvalue weighted by Gasteiger charge is -2.20. The molecule has 0 saturated carbocycles. The molecular formula is C22H23N5OS. The van der Waals surface area contributed by atoms with E-state index in [2.05, 4.69) is 34.6 Å². The van der Waals surface area contributed by atoms with Crippen LogP contribution >= 0.6 is 11.8 Å². The lowest BCUT2D eigenvalue weighted by molar-refractivity contribution is -0.119. The van der Waals surface area contributed by atoms with Crippen LogP contribution in [-0.2, 0) is 4.79 Å². The van der Waals surface area contributed by atoms with Gasteiger partial charge in [0.25, 0.3) is 0 Å². The molecule has 4 rings (SSSR count). The summed E-state index contributed by atoms with van der Waals surface area (Å²) >= 11 is 1.36. The highest BCUT2D eigenvalue weighted by molar-refractivity contribution is 7.99. The SMILES string of the molecule is Cc1ccc(-c2nc3ccccc3c3nnc(SCC(=O)NC(C)(C)C)n23)cc1. The highest BCUT2D eigenvalue weighted by atomic mass is 32.2. The molecule has 2 aromatic carbocycles. The van der Waals surface area contributed by atoms with Gasteiger partial charge in [-0.2, -0.15) is 0 Å². The van der Waals surface area contributed by atoms with Crippen molar-refractivity contribution in [2.45, 2.75) is 38.4 Å². The first-order valence-corrected chi connectivity index (χ1v) is 10.5. The van der Waals surface area contributed by atoms with E-state index < -0.39 is 0 Å². The standard InChI is InChI=1S/C22H23N5OS/c1-14-9-11-15(12-10-14)19-23-17-8-6-5-7-16(17)20-25-26-21(27(19)20)29-13-18(28)24-22(2,3)4/h5-12H,13H2,1-4H3,(H,24,28). The van der Waals surface area contributed by atoms with Gasteiger partial charge in [-0.1, -0.05) is 53.7 Å². The summed E-state index contributed by atoms with van der Waals surface area (Å²) in [4.78, 5) is 17.2. The van der Waals surface area contributed by atoms with E-state index in [1.54, 1.807) is 0 Å². The fraction of sp³-hybridized carbons (Fsp3) is 0.273. The molecule has 1 N–H and O–H groups in total. The quantitative estimate of drug-likeness (QED) is 0.514. The molecule has 6 nitrogen and oxygen atoms in total. The van der Waals surface area contributed by atoms with Crippen molar-refractivity contribution >= 4 is 34.2 Å². The Hall–Kier alpha value is -2.93. The Balaban J connectivity index is 1.81. The minimum absolute atomic E-state index is 0.0371. The predicted molar refractivity (Wildman–Crippen MR) is 117 cm³/mol. The molecule has 1 amide bonds. The monoisotopic (exact) mass is 405 g/mol. The number of hydrogen-bond donors (Lipinski definition) is 1. The van der Waals surface area contributed by atoms with Crippen molar-refractivity contribution in [1.29, 1.82) is 0 Å². The van der Waals surface area contributed by atoms with Crippen LogP contribution in [0.5, 0.6) is 0 Å². The van der Waals surface area contributed by atoms with Gasteiger partial charge >= 0.3 is 0 Å². The molecule has 0 aliphatic rings. The van der Waals surface area contributed by atoms with Crippen LogP contribution in [0.25, 0.3) is 27.9 Å². The minimum Gasteiger partial charge on any atom is -0.351 e. The van der Waals surface area contributed by atoms with E-state index in [1.165, 1.54) is 17.3 Å². The van der Waals surface area contributed by atoms with Crippen molar-refractivity contribution in [1.82, 2.24) is 24.9 Å². The van der Waals surface area contributed by atoms with Gasteiger partial charge in [0.05, 0.1) is 11.3 Å². The molecule has 29 heavy (non-hydrogen) atoms. The number of rotatable bonds is 4. The molecule has 0 saturated heterocycles.